The van der Waals surface area contributed by atoms with E-state index in [4.69, 9.17) is 4.74 Å². The minimum atomic E-state index is -0.908. The second-order valence-electron chi connectivity index (χ2n) is 4.80. The zero-order chi connectivity index (χ0) is 14.1. The van der Waals surface area contributed by atoms with Crippen molar-refractivity contribution in [3.63, 3.8) is 0 Å². The molecule has 0 aliphatic heterocycles. The number of rotatable bonds is 7. The van der Waals surface area contributed by atoms with Crippen LogP contribution < -0.4 is 0 Å². The Morgan fingerprint density at radius 3 is 2.89 bits per heavy atom. The highest BCUT2D eigenvalue weighted by Gasteiger charge is 2.47. The van der Waals surface area contributed by atoms with Crippen LogP contribution in [0.2, 0.25) is 0 Å². The van der Waals surface area contributed by atoms with Gasteiger partial charge in [0.2, 0.25) is 0 Å². The van der Waals surface area contributed by atoms with Gasteiger partial charge < -0.3 is 9.57 Å². The molecule has 0 bridgehead atoms. The molecule has 1 rings (SSSR count). The average molecular weight is 269 g/mol. The van der Waals surface area contributed by atoms with E-state index >= 15 is 0 Å². The monoisotopic (exact) mass is 269 g/mol. The fourth-order valence-corrected chi connectivity index (χ4v) is 2.57. The van der Waals surface area contributed by atoms with E-state index in [1.165, 1.54) is 7.11 Å². The smallest absolute Gasteiger partial charge is 0.319 e. The Balaban J connectivity index is 2.66. The summed E-state index contributed by atoms with van der Waals surface area (Å²) in [5, 5.41) is 3.65. The minimum absolute atomic E-state index is 0.0425. The zero-order valence-corrected chi connectivity index (χ0v) is 11.8. The first-order valence-corrected chi connectivity index (χ1v) is 6.93. The van der Waals surface area contributed by atoms with Gasteiger partial charge in [-0.15, -0.1) is 0 Å². The third-order valence-electron chi connectivity index (χ3n) is 3.57. The fourth-order valence-electron chi connectivity index (χ4n) is 2.57. The fraction of sp³-hybridized carbons (Fsp3) is 0.786. The molecule has 1 aliphatic rings. The highest BCUT2D eigenvalue weighted by atomic mass is 16.6. The average Bonchev–Trinajstić information content (AvgIpc) is 2.41. The quantitative estimate of drug-likeness (QED) is 0.234. The van der Waals surface area contributed by atoms with E-state index < -0.39 is 5.41 Å². The third-order valence-corrected chi connectivity index (χ3v) is 3.57. The summed E-state index contributed by atoms with van der Waals surface area (Å²) < 4.78 is 5.12. The van der Waals surface area contributed by atoms with Crippen molar-refractivity contribution in [1.82, 2.24) is 0 Å². The number of hydrogen-bond donors (Lipinski definition) is 0. The molecule has 0 aromatic heterocycles. The highest BCUT2D eigenvalue weighted by molar-refractivity contribution is 6.04. The van der Waals surface area contributed by atoms with E-state index in [9.17, 15) is 9.59 Å². The first-order chi connectivity index (χ1) is 9.17. The topological polar surface area (TPSA) is 65.0 Å². The molecule has 5 heteroatoms. The van der Waals surface area contributed by atoms with Crippen molar-refractivity contribution in [2.24, 2.45) is 10.6 Å². The molecule has 0 aromatic rings. The maximum Gasteiger partial charge on any atom is 0.319 e. The van der Waals surface area contributed by atoms with Crippen molar-refractivity contribution in [1.29, 1.82) is 0 Å². The van der Waals surface area contributed by atoms with Crippen molar-refractivity contribution in [3.05, 3.63) is 0 Å². The molecule has 1 fully saturated rings. The molecule has 1 atom stereocenters. The molecule has 108 valence electrons. The normalized spacial score (nSPS) is 23.6. The van der Waals surface area contributed by atoms with Crippen molar-refractivity contribution in [3.8, 4) is 0 Å². The van der Waals surface area contributed by atoms with Crippen LogP contribution in [0.5, 0.6) is 0 Å². The maximum atomic E-state index is 12.2. The highest BCUT2D eigenvalue weighted by Crippen LogP contribution is 2.39. The molecule has 0 spiro atoms. The number of oxime groups is 1. The van der Waals surface area contributed by atoms with Gasteiger partial charge >= 0.3 is 5.97 Å². The summed E-state index contributed by atoms with van der Waals surface area (Å²) >= 11 is 0. The summed E-state index contributed by atoms with van der Waals surface area (Å²) in [6, 6.07) is 0. The maximum absolute atomic E-state index is 12.2. The second-order valence-corrected chi connectivity index (χ2v) is 4.80. The predicted molar refractivity (Wildman–Crippen MR) is 71.9 cm³/mol. The van der Waals surface area contributed by atoms with E-state index in [2.05, 4.69) is 9.99 Å². The molecule has 0 radical (unpaired) electrons. The lowest BCUT2D eigenvalue weighted by Gasteiger charge is -2.33. The van der Waals surface area contributed by atoms with Gasteiger partial charge in [0.25, 0.3) is 0 Å². The number of unbranched alkanes of at least 4 members (excludes halogenated alkanes) is 1. The second kappa shape index (κ2) is 7.92. The van der Waals surface area contributed by atoms with Crippen molar-refractivity contribution >= 4 is 18.0 Å². The van der Waals surface area contributed by atoms with Crippen LogP contribution >= 0.6 is 0 Å². The van der Waals surface area contributed by atoms with Crippen LogP contribution in [-0.2, 0) is 19.2 Å². The molecule has 0 heterocycles. The van der Waals surface area contributed by atoms with Gasteiger partial charge in [-0.1, -0.05) is 11.6 Å². The van der Waals surface area contributed by atoms with Gasteiger partial charge in [-0.3, -0.25) is 9.59 Å². The molecule has 5 nitrogen and oxygen atoms in total. The third kappa shape index (κ3) is 4.04. The number of hydrogen-bond acceptors (Lipinski definition) is 5. The number of esters is 1. The Morgan fingerprint density at radius 1 is 1.47 bits per heavy atom. The summed E-state index contributed by atoms with van der Waals surface area (Å²) in [5.74, 6) is -0.302. The molecule has 19 heavy (non-hydrogen) atoms. The van der Waals surface area contributed by atoms with Crippen molar-refractivity contribution in [2.75, 3.05) is 13.7 Å². The predicted octanol–water partition coefficient (Wildman–Crippen LogP) is 2.48. The largest absolute Gasteiger partial charge is 0.465 e. The van der Waals surface area contributed by atoms with Crippen molar-refractivity contribution in [2.45, 2.75) is 51.9 Å². The molecule has 1 aliphatic carbocycles. The van der Waals surface area contributed by atoms with E-state index in [1.54, 1.807) is 13.1 Å². The number of carbonyl (C=O) groups is 2. The molecule has 1 saturated carbocycles. The van der Waals surface area contributed by atoms with Gasteiger partial charge in [-0.2, -0.15) is 0 Å². The zero-order valence-electron chi connectivity index (χ0n) is 11.8. The van der Waals surface area contributed by atoms with Gasteiger partial charge in [-0.05, 0) is 39.0 Å². The SMILES string of the molecule is CCOC(=O)C1(CCC/C=N/OC)CCCCC1=O. The molecule has 0 amide bonds. The van der Waals surface area contributed by atoms with E-state index in [1.807, 2.05) is 0 Å². The van der Waals surface area contributed by atoms with Gasteiger partial charge in [-0.25, -0.2) is 0 Å². The van der Waals surface area contributed by atoms with Crippen LogP contribution in [0.25, 0.3) is 0 Å². The summed E-state index contributed by atoms with van der Waals surface area (Å²) in [6.45, 7) is 2.09. The number of nitrogens with zero attached hydrogens (tertiary/aromatic N) is 1. The lowest BCUT2D eigenvalue weighted by molar-refractivity contribution is -0.162. The van der Waals surface area contributed by atoms with E-state index in [0.717, 1.165) is 19.3 Å². The molecule has 0 saturated heterocycles. The van der Waals surface area contributed by atoms with Crippen LogP contribution in [0, 0.1) is 5.41 Å². The van der Waals surface area contributed by atoms with Crippen LogP contribution in [0.4, 0.5) is 0 Å². The van der Waals surface area contributed by atoms with Crippen LogP contribution in [0.1, 0.15) is 51.9 Å². The number of carbonyl (C=O) groups excluding carboxylic acids is 2. The van der Waals surface area contributed by atoms with Crippen LogP contribution in [0.15, 0.2) is 5.16 Å². The first-order valence-electron chi connectivity index (χ1n) is 6.93. The van der Waals surface area contributed by atoms with Gasteiger partial charge in [0.1, 0.15) is 18.3 Å². The summed E-state index contributed by atoms with van der Waals surface area (Å²) in [6.07, 6.45) is 6.53. The molecule has 0 N–H and O–H groups in total. The Bertz CT molecular complexity index is 340. The van der Waals surface area contributed by atoms with Gasteiger partial charge in [0.05, 0.1) is 6.61 Å². The van der Waals surface area contributed by atoms with Crippen molar-refractivity contribution < 1.29 is 19.2 Å². The lowest BCUT2D eigenvalue weighted by atomic mass is 9.70. The summed E-state index contributed by atoms with van der Waals surface area (Å²) in [7, 11) is 1.49. The first kappa shape index (κ1) is 15.7. The Labute approximate surface area is 114 Å². The van der Waals surface area contributed by atoms with E-state index in [-0.39, 0.29) is 11.8 Å². The number of ketones is 1. The molecule has 0 aromatic carbocycles. The molecule has 1 unspecified atom stereocenters. The number of Topliss-reactive ketones (excluding diaryl/α,β-unsaturated/α-hetero) is 1. The molecular weight excluding hydrogens is 246 g/mol. The van der Waals surface area contributed by atoms with Gasteiger partial charge in [0.15, 0.2) is 0 Å². The van der Waals surface area contributed by atoms with Gasteiger partial charge in [0, 0.05) is 12.6 Å². The standard InChI is InChI=1S/C14H23NO4/c1-3-19-13(17)14(9-5-4-8-12(14)16)10-6-7-11-15-18-2/h11H,3-10H2,1-2H3/b15-11+. The lowest BCUT2D eigenvalue weighted by Crippen LogP contribution is -2.43. The molecular formula is C14H23NO4. The Morgan fingerprint density at radius 2 is 2.26 bits per heavy atom. The summed E-state index contributed by atoms with van der Waals surface area (Å²) in [5.41, 5.74) is -0.908. The van der Waals surface area contributed by atoms with Crippen LogP contribution in [-0.4, -0.2) is 31.7 Å². The van der Waals surface area contributed by atoms with E-state index in [0.29, 0.717) is 32.3 Å². The Kier molecular flexibility index (Phi) is 6.53. The minimum Gasteiger partial charge on any atom is -0.465 e. The number of ether oxygens (including phenoxy) is 1. The van der Waals surface area contributed by atoms with Crippen LogP contribution in [0.3, 0.4) is 0 Å². The summed E-state index contributed by atoms with van der Waals surface area (Å²) in [4.78, 5) is 28.9. The Hall–Kier alpha value is -1.39.